The number of nitrogens with zero attached hydrogens (tertiary/aromatic N) is 1. The fourth-order valence-electron chi connectivity index (χ4n) is 4.87. The molecule has 3 aromatic carbocycles. The molecular formula is C34H31Cl4F3N2O6. The van der Waals surface area contributed by atoms with E-state index in [1.807, 2.05) is 0 Å². The number of Topliss-reactive ketones (excluding diaryl/α,β-unsaturated/α-hetero) is 1. The molecule has 1 fully saturated rings. The molecule has 262 valence electrons. The smallest absolute Gasteiger partial charge is 0.424 e. The highest BCUT2D eigenvalue weighted by atomic mass is 35.5. The third kappa shape index (κ3) is 8.81. The number of carbonyl (C=O) groups is 4. The van der Waals surface area contributed by atoms with E-state index in [1.165, 1.54) is 59.7 Å². The maximum absolute atomic E-state index is 15.9. The van der Waals surface area contributed by atoms with Crippen molar-refractivity contribution in [3.8, 4) is 0 Å². The van der Waals surface area contributed by atoms with Crippen molar-refractivity contribution in [1.82, 2.24) is 0 Å². The molecule has 0 spiro atoms. The second kappa shape index (κ2) is 14.0. The highest BCUT2D eigenvalue weighted by molar-refractivity contribution is 6.53. The van der Waals surface area contributed by atoms with Gasteiger partial charge in [-0.1, -0.05) is 35.3 Å². The first-order valence-electron chi connectivity index (χ1n) is 14.7. The minimum Gasteiger partial charge on any atom is -0.443 e. The molecule has 3 aromatic rings. The maximum Gasteiger partial charge on any atom is 0.424 e. The van der Waals surface area contributed by atoms with Gasteiger partial charge in [0, 0.05) is 18.0 Å². The van der Waals surface area contributed by atoms with Gasteiger partial charge in [0.25, 0.3) is 0 Å². The average Bonchev–Trinajstić information content (AvgIpc) is 3.54. The molecule has 3 amide bonds. The van der Waals surface area contributed by atoms with E-state index in [0.717, 1.165) is 24.3 Å². The van der Waals surface area contributed by atoms with Crippen molar-refractivity contribution in [2.24, 2.45) is 5.92 Å². The number of imide groups is 1. The lowest BCUT2D eigenvalue weighted by atomic mass is 10.0. The molecule has 0 bridgehead atoms. The summed E-state index contributed by atoms with van der Waals surface area (Å²) in [5.41, 5.74) is -3.96. The van der Waals surface area contributed by atoms with Gasteiger partial charge >= 0.3 is 12.2 Å². The van der Waals surface area contributed by atoms with Crippen LogP contribution >= 0.6 is 46.4 Å². The standard InChI is InChI=1S/C34H31Cl4F3N2O6/c1-32(2,3)48-30(46)43(31(47)49-33(4,5)6)28-23(40)11-8-17(27(28)41)14-24(44)19-15-18(9-12-22(19)39)42-29(45)26-25(34(26,37)38)16-7-10-20(35)21(36)13-16/h7-13,15,25-26H,14H2,1-6H3,(H,42,45)/t25-,26+/m0/s1. The van der Waals surface area contributed by atoms with Crippen LogP contribution in [0.15, 0.2) is 48.5 Å². The number of ether oxygens (including phenoxy) is 2. The van der Waals surface area contributed by atoms with Gasteiger partial charge in [0.05, 0.1) is 21.5 Å². The Bertz CT molecular complexity index is 1810. The van der Waals surface area contributed by atoms with Crippen LogP contribution in [0.3, 0.4) is 0 Å². The van der Waals surface area contributed by atoms with E-state index in [-0.39, 0.29) is 15.6 Å². The number of anilines is 2. The first kappa shape index (κ1) is 38.3. The molecule has 0 unspecified atom stereocenters. The van der Waals surface area contributed by atoms with Gasteiger partial charge in [-0.25, -0.2) is 22.8 Å². The fourth-order valence-corrected chi connectivity index (χ4v) is 6.01. The quantitative estimate of drug-likeness (QED) is 0.190. The summed E-state index contributed by atoms with van der Waals surface area (Å²) in [4.78, 5) is 52.6. The summed E-state index contributed by atoms with van der Waals surface area (Å²) in [5.74, 6) is -7.00. The Morgan fingerprint density at radius 3 is 1.94 bits per heavy atom. The van der Waals surface area contributed by atoms with E-state index in [1.54, 1.807) is 6.07 Å². The zero-order chi connectivity index (χ0) is 36.8. The minimum absolute atomic E-state index is 0.0000319. The van der Waals surface area contributed by atoms with Gasteiger partial charge in [0.2, 0.25) is 5.91 Å². The van der Waals surface area contributed by atoms with Crippen LogP contribution in [-0.4, -0.2) is 39.4 Å². The van der Waals surface area contributed by atoms with E-state index in [9.17, 15) is 23.6 Å². The number of benzene rings is 3. The van der Waals surface area contributed by atoms with Gasteiger partial charge in [-0.05, 0) is 89.1 Å². The van der Waals surface area contributed by atoms with Crippen LogP contribution in [0.4, 0.5) is 34.1 Å². The molecular weight excluding hydrogens is 731 g/mol. The van der Waals surface area contributed by atoms with Crippen LogP contribution in [-0.2, 0) is 20.7 Å². The summed E-state index contributed by atoms with van der Waals surface area (Å²) in [6, 6.07) is 9.49. The van der Waals surface area contributed by atoms with Crippen molar-refractivity contribution in [2.45, 2.75) is 69.4 Å². The van der Waals surface area contributed by atoms with Crippen LogP contribution < -0.4 is 10.2 Å². The summed E-state index contributed by atoms with van der Waals surface area (Å²) >= 11 is 24.9. The molecule has 49 heavy (non-hydrogen) atoms. The Morgan fingerprint density at radius 1 is 0.816 bits per heavy atom. The van der Waals surface area contributed by atoms with Gasteiger partial charge in [-0.3, -0.25) is 9.59 Å². The zero-order valence-electron chi connectivity index (χ0n) is 27.0. The molecule has 15 heteroatoms. The van der Waals surface area contributed by atoms with Crippen molar-refractivity contribution in [1.29, 1.82) is 0 Å². The molecule has 1 N–H and O–H groups in total. The van der Waals surface area contributed by atoms with Crippen LogP contribution in [0.1, 0.15) is 68.9 Å². The van der Waals surface area contributed by atoms with Crippen molar-refractivity contribution >= 4 is 81.7 Å². The third-order valence-corrected chi connectivity index (χ3v) is 8.73. The molecule has 1 saturated carbocycles. The number of ketones is 1. The topological polar surface area (TPSA) is 102 Å². The van der Waals surface area contributed by atoms with E-state index in [0.29, 0.717) is 10.6 Å². The Kier molecular flexibility index (Phi) is 11.0. The van der Waals surface area contributed by atoms with Gasteiger partial charge in [-0.2, -0.15) is 4.90 Å². The number of carbonyl (C=O) groups excluding carboxylic acids is 4. The SMILES string of the molecule is CC(C)(C)OC(=O)N(C(=O)OC(C)(C)C)c1c(F)ccc(CC(=O)c2cc(NC(=O)[C@H]3[C@H](c4ccc(Cl)c(Cl)c4)C3(Cl)Cl)ccc2F)c1F. The number of alkyl halides is 2. The predicted molar refractivity (Wildman–Crippen MR) is 181 cm³/mol. The van der Waals surface area contributed by atoms with Gasteiger partial charge in [0.1, 0.15) is 27.0 Å². The monoisotopic (exact) mass is 760 g/mol. The zero-order valence-corrected chi connectivity index (χ0v) is 30.0. The first-order chi connectivity index (χ1) is 22.5. The van der Waals surface area contributed by atoms with Gasteiger partial charge in [0.15, 0.2) is 17.4 Å². The summed E-state index contributed by atoms with van der Waals surface area (Å²) in [6.45, 7) is 8.87. The lowest BCUT2D eigenvalue weighted by Gasteiger charge is -2.29. The fraction of sp³-hybridized carbons (Fsp3) is 0.353. The van der Waals surface area contributed by atoms with Crippen molar-refractivity contribution < 1.29 is 41.8 Å². The van der Waals surface area contributed by atoms with Crippen molar-refractivity contribution in [3.63, 3.8) is 0 Å². The van der Waals surface area contributed by atoms with Gasteiger partial charge < -0.3 is 14.8 Å². The van der Waals surface area contributed by atoms with E-state index in [2.05, 4.69) is 5.32 Å². The molecule has 0 saturated heterocycles. The molecule has 1 aliphatic rings. The molecule has 2 atom stereocenters. The minimum atomic E-state index is -1.50. The van der Waals surface area contributed by atoms with Crippen molar-refractivity contribution in [3.05, 3.63) is 92.7 Å². The van der Waals surface area contributed by atoms with Crippen LogP contribution in [0.5, 0.6) is 0 Å². The third-order valence-electron chi connectivity index (χ3n) is 7.05. The highest BCUT2D eigenvalue weighted by Crippen LogP contribution is 2.65. The van der Waals surface area contributed by atoms with Crippen molar-refractivity contribution in [2.75, 3.05) is 10.2 Å². The molecule has 0 radical (unpaired) electrons. The number of rotatable bonds is 7. The highest BCUT2D eigenvalue weighted by Gasteiger charge is 2.67. The Balaban J connectivity index is 1.60. The first-order valence-corrected chi connectivity index (χ1v) is 16.2. The Labute approximate surface area is 300 Å². The summed E-state index contributed by atoms with van der Waals surface area (Å²) in [7, 11) is 0. The molecule has 0 aliphatic heterocycles. The largest absolute Gasteiger partial charge is 0.443 e. The van der Waals surface area contributed by atoms with Crippen LogP contribution in [0.2, 0.25) is 10.0 Å². The molecule has 0 aromatic heterocycles. The number of hydrogen-bond donors (Lipinski definition) is 1. The average molecular weight is 762 g/mol. The maximum atomic E-state index is 15.9. The van der Waals surface area contributed by atoms with Crippen LogP contribution in [0, 0.1) is 23.4 Å². The van der Waals surface area contributed by atoms with Crippen LogP contribution in [0.25, 0.3) is 0 Å². The Hall–Kier alpha value is -3.51. The number of amides is 3. The normalized spacial score (nSPS) is 16.8. The Morgan fingerprint density at radius 2 is 1.39 bits per heavy atom. The molecule has 8 nitrogen and oxygen atoms in total. The molecule has 0 heterocycles. The molecule has 4 rings (SSSR count). The summed E-state index contributed by atoms with van der Waals surface area (Å²) < 4.78 is 54.9. The number of hydrogen-bond acceptors (Lipinski definition) is 6. The predicted octanol–water partition coefficient (Wildman–Crippen LogP) is 10.0. The summed E-state index contributed by atoms with van der Waals surface area (Å²) in [6.07, 6.45) is -3.71. The lowest BCUT2D eigenvalue weighted by Crippen LogP contribution is -2.44. The number of halogens is 7. The second-order valence-corrected chi connectivity index (χ2v) is 15.5. The van der Waals surface area contributed by atoms with E-state index < -0.39 is 91.9 Å². The van der Waals surface area contributed by atoms with Gasteiger partial charge in [-0.15, -0.1) is 23.2 Å². The lowest BCUT2D eigenvalue weighted by molar-refractivity contribution is -0.117. The second-order valence-electron chi connectivity index (χ2n) is 13.3. The van der Waals surface area contributed by atoms with E-state index in [4.69, 9.17) is 55.9 Å². The summed E-state index contributed by atoms with van der Waals surface area (Å²) in [5, 5.41) is 3.09. The molecule has 1 aliphatic carbocycles. The van der Waals surface area contributed by atoms with E-state index >= 15 is 8.78 Å². The number of nitrogens with one attached hydrogen (secondary N) is 1.